The molecule has 1 rings (SSSR count). The highest BCUT2D eigenvalue weighted by Gasteiger charge is 2.02. The highest BCUT2D eigenvalue weighted by atomic mass is 16.3. The third-order valence-corrected chi connectivity index (χ3v) is 2.28. The third kappa shape index (κ3) is 3.17. The van der Waals surface area contributed by atoms with Crippen molar-refractivity contribution in [1.29, 1.82) is 0 Å². The van der Waals surface area contributed by atoms with Gasteiger partial charge in [-0.1, -0.05) is 24.3 Å². The second-order valence-corrected chi connectivity index (χ2v) is 3.35. The van der Waals surface area contributed by atoms with Gasteiger partial charge in [0.15, 0.2) is 0 Å². The highest BCUT2D eigenvalue weighted by molar-refractivity contribution is 5.25. The summed E-state index contributed by atoms with van der Waals surface area (Å²) in [7, 11) is 0. The average Bonchev–Trinajstić information content (AvgIpc) is 2.16. The molecule has 0 heterocycles. The summed E-state index contributed by atoms with van der Waals surface area (Å²) in [4.78, 5) is 0. The number of rotatable bonds is 4. The van der Waals surface area contributed by atoms with Gasteiger partial charge in [-0.2, -0.15) is 0 Å². The number of nitrogens with two attached hydrogens (primary N) is 1. The van der Waals surface area contributed by atoms with Crippen molar-refractivity contribution in [2.45, 2.75) is 25.9 Å². The minimum Gasteiger partial charge on any atom is -0.392 e. The van der Waals surface area contributed by atoms with Crippen LogP contribution in [0, 0.1) is 6.92 Å². The van der Waals surface area contributed by atoms with Gasteiger partial charge in [0, 0.05) is 6.54 Å². The molecular formula is C11H17NO. The van der Waals surface area contributed by atoms with Crippen molar-refractivity contribution in [3.05, 3.63) is 35.4 Å². The van der Waals surface area contributed by atoms with Crippen LogP contribution in [0.25, 0.3) is 0 Å². The molecule has 0 bridgehead atoms. The Labute approximate surface area is 79.4 Å². The Balaban J connectivity index is 2.50. The number of aryl methyl sites for hydroxylation is 2. The van der Waals surface area contributed by atoms with Crippen LogP contribution in [0.5, 0.6) is 0 Å². The van der Waals surface area contributed by atoms with Crippen molar-refractivity contribution in [1.82, 2.24) is 0 Å². The van der Waals surface area contributed by atoms with Crippen LogP contribution < -0.4 is 5.73 Å². The zero-order valence-electron chi connectivity index (χ0n) is 8.03. The standard InChI is InChI=1S/C11H17NO/c1-9-4-2-3-5-10(9)6-7-11(13)8-12/h2-5,11,13H,6-8,12H2,1H3. The Bertz CT molecular complexity index is 260. The van der Waals surface area contributed by atoms with E-state index in [2.05, 4.69) is 19.1 Å². The van der Waals surface area contributed by atoms with Gasteiger partial charge < -0.3 is 10.8 Å². The van der Waals surface area contributed by atoms with E-state index in [9.17, 15) is 5.11 Å². The van der Waals surface area contributed by atoms with Gasteiger partial charge in [0.05, 0.1) is 6.10 Å². The lowest BCUT2D eigenvalue weighted by Crippen LogP contribution is -2.20. The quantitative estimate of drug-likeness (QED) is 0.730. The average molecular weight is 179 g/mol. The van der Waals surface area contributed by atoms with Gasteiger partial charge in [-0.25, -0.2) is 0 Å². The largest absolute Gasteiger partial charge is 0.392 e. The van der Waals surface area contributed by atoms with Gasteiger partial charge in [-0.3, -0.25) is 0 Å². The van der Waals surface area contributed by atoms with Crippen LogP contribution >= 0.6 is 0 Å². The maximum atomic E-state index is 9.29. The zero-order valence-corrected chi connectivity index (χ0v) is 8.03. The van der Waals surface area contributed by atoms with Gasteiger partial charge in [0.1, 0.15) is 0 Å². The van der Waals surface area contributed by atoms with Crippen LogP contribution in [0.2, 0.25) is 0 Å². The van der Waals surface area contributed by atoms with Crippen LogP contribution in [-0.4, -0.2) is 17.8 Å². The predicted molar refractivity (Wildman–Crippen MR) is 54.6 cm³/mol. The molecule has 0 saturated carbocycles. The molecule has 1 unspecified atom stereocenters. The van der Waals surface area contributed by atoms with Gasteiger partial charge in [0.2, 0.25) is 0 Å². The summed E-state index contributed by atoms with van der Waals surface area (Å²) in [6, 6.07) is 8.23. The van der Waals surface area contributed by atoms with Crippen LogP contribution in [0.4, 0.5) is 0 Å². The van der Waals surface area contributed by atoms with E-state index < -0.39 is 0 Å². The maximum Gasteiger partial charge on any atom is 0.0665 e. The molecule has 1 atom stereocenters. The molecule has 3 N–H and O–H groups in total. The van der Waals surface area contributed by atoms with E-state index in [4.69, 9.17) is 5.73 Å². The van der Waals surface area contributed by atoms with E-state index in [-0.39, 0.29) is 6.10 Å². The van der Waals surface area contributed by atoms with E-state index in [0.29, 0.717) is 6.54 Å². The normalized spacial score (nSPS) is 12.8. The van der Waals surface area contributed by atoms with Crippen molar-refractivity contribution in [3.63, 3.8) is 0 Å². The third-order valence-electron chi connectivity index (χ3n) is 2.28. The molecule has 72 valence electrons. The van der Waals surface area contributed by atoms with Crippen molar-refractivity contribution >= 4 is 0 Å². The molecule has 1 aromatic carbocycles. The minimum absolute atomic E-state index is 0.353. The number of benzene rings is 1. The zero-order chi connectivity index (χ0) is 9.68. The second-order valence-electron chi connectivity index (χ2n) is 3.35. The molecule has 0 aliphatic carbocycles. The molecule has 0 aliphatic rings. The molecule has 13 heavy (non-hydrogen) atoms. The van der Waals surface area contributed by atoms with Crippen molar-refractivity contribution < 1.29 is 5.11 Å². The molecule has 1 aromatic rings. The summed E-state index contributed by atoms with van der Waals surface area (Å²) in [5.74, 6) is 0. The minimum atomic E-state index is -0.361. The number of aliphatic hydroxyl groups excluding tert-OH is 1. The summed E-state index contributed by atoms with van der Waals surface area (Å²) in [5, 5.41) is 9.29. The summed E-state index contributed by atoms with van der Waals surface area (Å²) >= 11 is 0. The van der Waals surface area contributed by atoms with E-state index in [1.165, 1.54) is 11.1 Å². The fourth-order valence-corrected chi connectivity index (χ4v) is 1.33. The second kappa shape index (κ2) is 5.00. The lowest BCUT2D eigenvalue weighted by molar-refractivity contribution is 0.173. The molecule has 0 aliphatic heterocycles. The highest BCUT2D eigenvalue weighted by Crippen LogP contribution is 2.10. The Hall–Kier alpha value is -0.860. The van der Waals surface area contributed by atoms with E-state index in [1.807, 2.05) is 12.1 Å². The summed E-state index contributed by atoms with van der Waals surface area (Å²) in [6.45, 7) is 2.44. The number of aliphatic hydroxyl groups is 1. The van der Waals surface area contributed by atoms with Crippen LogP contribution in [0.1, 0.15) is 17.5 Å². The topological polar surface area (TPSA) is 46.2 Å². The maximum absolute atomic E-state index is 9.29. The molecule has 0 aromatic heterocycles. The Morgan fingerprint density at radius 3 is 2.69 bits per heavy atom. The van der Waals surface area contributed by atoms with Crippen molar-refractivity contribution in [2.75, 3.05) is 6.54 Å². The molecule has 0 fully saturated rings. The first-order valence-corrected chi connectivity index (χ1v) is 4.66. The molecule has 2 nitrogen and oxygen atoms in total. The first kappa shape index (κ1) is 10.2. The first-order chi connectivity index (χ1) is 6.24. The van der Waals surface area contributed by atoms with Gasteiger partial charge in [0.25, 0.3) is 0 Å². The van der Waals surface area contributed by atoms with Crippen molar-refractivity contribution in [3.8, 4) is 0 Å². The van der Waals surface area contributed by atoms with E-state index in [0.717, 1.165) is 12.8 Å². The molecule has 2 heteroatoms. The lowest BCUT2D eigenvalue weighted by atomic mass is 10.0. The van der Waals surface area contributed by atoms with Crippen LogP contribution in [0.15, 0.2) is 24.3 Å². The smallest absolute Gasteiger partial charge is 0.0665 e. The summed E-state index contributed by atoms with van der Waals surface area (Å²) < 4.78 is 0. The molecule has 0 amide bonds. The van der Waals surface area contributed by atoms with Gasteiger partial charge in [-0.15, -0.1) is 0 Å². The Morgan fingerprint density at radius 1 is 1.38 bits per heavy atom. The molecular weight excluding hydrogens is 162 g/mol. The molecule has 0 radical (unpaired) electrons. The first-order valence-electron chi connectivity index (χ1n) is 4.66. The predicted octanol–water partition coefficient (Wildman–Crippen LogP) is 1.25. The fraction of sp³-hybridized carbons (Fsp3) is 0.455. The summed E-state index contributed by atoms with van der Waals surface area (Å²) in [6.07, 6.45) is 1.30. The Morgan fingerprint density at radius 2 is 2.08 bits per heavy atom. The molecule has 0 saturated heterocycles. The van der Waals surface area contributed by atoms with Gasteiger partial charge >= 0.3 is 0 Å². The SMILES string of the molecule is Cc1ccccc1CCC(O)CN. The van der Waals surface area contributed by atoms with Crippen LogP contribution in [0.3, 0.4) is 0 Å². The monoisotopic (exact) mass is 179 g/mol. The number of hydrogen-bond donors (Lipinski definition) is 2. The lowest BCUT2D eigenvalue weighted by Gasteiger charge is -2.08. The number of hydrogen-bond acceptors (Lipinski definition) is 2. The summed E-state index contributed by atoms with van der Waals surface area (Å²) in [5.41, 5.74) is 7.91. The van der Waals surface area contributed by atoms with E-state index in [1.54, 1.807) is 0 Å². The van der Waals surface area contributed by atoms with E-state index >= 15 is 0 Å². The fourth-order valence-electron chi connectivity index (χ4n) is 1.33. The Kier molecular flexibility index (Phi) is 3.93. The van der Waals surface area contributed by atoms with Crippen LogP contribution in [-0.2, 0) is 6.42 Å². The van der Waals surface area contributed by atoms with Gasteiger partial charge in [-0.05, 0) is 30.9 Å². The molecule has 0 spiro atoms. The van der Waals surface area contributed by atoms with Crippen molar-refractivity contribution in [2.24, 2.45) is 5.73 Å².